The minimum Gasteiger partial charge on any atom is -0.493 e. The van der Waals surface area contributed by atoms with E-state index in [0.29, 0.717) is 16.4 Å². The van der Waals surface area contributed by atoms with E-state index in [4.69, 9.17) is 9.47 Å². The molecule has 0 aliphatic carbocycles. The Morgan fingerprint density at radius 2 is 1.92 bits per heavy atom. The van der Waals surface area contributed by atoms with Gasteiger partial charge in [-0.1, -0.05) is 0 Å². The highest BCUT2D eigenvalue weighted by Crippen LogP contribution is 2.35. The second-order valence-corrected chi connectivity index (χ2v) is 7.40. The van der Waals surface area contributed by atoms with E-state index in [1.807, 2.05) is 37.1 Å². The minimum atomic E-state index is 0.0543. The molecule has 0 bridgehead atoms. The maximum atomic E-state index is 13.0. The lowest BCUT2D eigenvalue weighted by Crippen LogP contribution is -2.43. The second-order valence-electron chi connectivity index (χ2n) is 6.40. The van der Waals surface area contributed by atoms with Gasteiger partial charge >= 0.3 is 0 Å². The molecule has 1 aromatic heterocycles. The Balaban J connectivity index is 1.85. The van der Waals surface area contributed by atoms with Crippen molar-refractivity contribution in [3.05, 3.63) is 28.8 Å². The van der Waals surface area contributed by atoms with Crippen molar-refractivity contribution < 1.29 is 14.3 Å². The van der Waals surface area contributed by atoms with Crippen LogP contribution >= 0.6 is 11.3 Å². The maximum Gasteiger partial charge on any atom is 0.265 e. The molecule has 2 heterocycles. The second kappa shape index (κ2) is 8.05. The molecule has 3 rings (SSSR count). The smallest absolute Gasteiger partial charge is 0.265 e. The Morgan fingerprint density at radius 1 is 1.23 bits per heavy atom. The van der Waals surface area contributed by atoms with E-state index in [1.54, 1.807) is 14.2 Å². The molecule has 6 nitrogen and oxygen atoms in total. The van der Waals surface area contributed by atoms with Crippen LogP contribution in [-0.4, -0.2) is 56.2 Å². The highest BCUT2D eigenvalue weighted by Gasteiger charge is 2.26. The van der Waals surface area contributed by atoms with E-state index >= 15 is 0 Å². The minimum absolute atomic E-state index is 0.0543. The number of carbonyl (C=O) groups is 1. The summed E-state index contributed by atoms with van der Waals surface area (Å²) in [6, 6.07) is 5.97. The molecule has 1 saturated heterocycles. The van der Waals surface area contributed by atoms with Crippen LogP contribution in [0.4, 0.5) is 0 Å². The van der Waals surface area contributed by atoms with E-state index in [9.17, 15) is 4.79 Å². The first-order chi connectivity index (χ1) is 12.5. The third-order valence-electron chi connectivity index (χ3n) is 4.80. The molecule has 0 saturated carbocycles. The number of hydrogen-bond acceptors (Lipinski definition) is 6. The zero-order valence-electron chi connectivity index (χ0n) is 15.7. The van der Waals surface area contributed by atoms with E-state index in [2.05, 4.69) is 10.3 Å². The molecule has 1 aromatic carbocycles. The van der Waals surface area contributed by atoms with Gasteiger partial charge in [0.2, 0.25) is 0 Å². The van der Waals surface area contributed by atoms with Crippen LogP contribution in [0.1, 0.15) is 28.2 Å². The SMILES string of the molecule is COc1ccc(-c2nc(C)c(C(=O)N(C)C3CCNCC3)s2)cc1OC. The van der Waals surface area contributed by atoms with E-state index in [1.165, 1.54) is 11.3 Å². The fraction of sp³-hybridized carbons (Fsp3) is 0.474. The number of nitrogens with zero attached hydrogens (tertiary/aromatic N) is 2. The number of aryl methyl sites for hydroxylation is 1. The molecule has 1 aliphatic rings. The molecule has 7 heteroatoms. The van der Waals surface area contributed by atoms with Crippen molar-refractivity contribution in [2.24, 2.45) is 0 Å². The molecule has 1 N–H and O–H groups in total. The normalized spacial score (nSPS) is 14.9. The van der Waals surface area contributed by atoms with Crippen LogP contribution in [0, 0.1) is 6.92 Å². The molecule has 26 heavy (non-hydrogen) atoms. The molecule has 0 spiro atoms. The first-order valence-electron chi connectivity index (χ1n) is 8.72. The molecule has 1 fully saturated rings. The molecule has 2 aromatic rings. The summed E-state index contributed by atoms with van der Waals surface area (Å²) in [4.78, 5) is 20.2. The van der Waals surface area contributed by atoms with Crippen molar-refractivity contribution in [3.63, 3.8) is 0 Å². The Morgan fingerprint density at radius 3 is 2.58 bits per heavy atom. The number of aromatic nitrogens is 1. The molecule has 0 unspecified atom stereocenters. The number of thiazole rings is 1. The van der Waals surface area contributed by atoms with Gasteiger partial charge in [-0.2, -0.15) is 0 Å². The highest BCUT2D eigenvalue weighted by molar-refractivity contribution is 7.17. The monoisotopic (exact) mass is 375 g/mol. The Bertz CT molecular complexity index is 784. The van der Waals surface area contributed by atoms with E-state index in [-0.39, 0.29) is 11.9 Å². The summed E-state index contributed by atoms with van der Waals surface area (Å²) >= 11 is 1.43. The van der Waals surface area contributed by atoms with Crippen molar-refractivity contribution in [2.75, 3.05) is 34.4 Å². The summed E-state index contributed by atoms with van der Waals surface area (Å²) in [5.74, 6) is 1.38. The zero-order valence-corrected chi connectivity index (χ0v) is 16.5. The third-order valence-corrected chi connectivity index (χ3v) is 5.99. The topological polar surface area (TPSA) is 63.7 Å². The van der Waals surface area contributed by atoms with Gasteiger partial charge in [-0.05, 0) is 51.1 Å². The summed E-state index contributed by atoms with van der Waals surface area (Å²) in [6.45, 7) is 3.81. The number of piperidine rings is 1. The number of carbonyl (C=O) groups excluding carboxylic acids is 1. The lowest BCUT2D eigenvalue weighted by molar-refractivity contribution is 0.0707. The van der Waals surface area contributed by atoms with Crippen LogP contribution in [-0.2, 0) is 0 Å². The van der Waals surface area contributed by atoms with Gasteiger partial charge in [0, 0.05) is 18.7 Å². The Kier molecular flexibility index (Phi) is 5.78. The number of methoxy groups -OCH3 is 2. The number of hydrogen-bond donors (Lipinski definition) is 1. The average Bonchev–Trinajstić information content (AvgIpc) is 3.08. The number of rotatable bonds is 5. The van der Waals surface area contributed by atoms with Crippen LogP contribution in [0.5, 0.6) is 11.5 Å². The standard InChI is InChI=1S/C19H25N3O3S/c1-12-17(19(23)22(2)14-7-9-20-10-8-14)26-18(21-12)13-5-6-15(24-3)16(11-13)25-4/h5-6,11,14,20H,7-10H2,1-4H3. The van der Waals surface area contributed by atoms with Gasteiger partial charge in [-0.15, -0.1) is 11.3 Å². The number of benzene rings is 1. The molecular formula is C19H25N3O3S. The predicted molar refractivity (Wildman–Crippen MR) is 103 cm³/mol. The Hall–Kier alpha value is -2.12. The summed E-state index contributed by atoms with van der Waals surface area (Å²) in [5.41, 5.74) is 1.69. The quantitative estimate of drug-likeness (QED) is 0.870. The van der Waals surface area contributed by atoms with Crippen molar-refractivity contribution in [1.82, 2.24) is 15.2 Å². The van der Waals surface area contributed by atoms with E-state index < -0.39 is 0 Å². The van der Waals surface area contributed by atoms with Crippen LogP contribution in [0.25, 0.3) is 10.6 Å². The average molecular weight is 375 g/mol. The van der Waals surface area contributed by atoms with Gasteiger partial charge in [0.1, 0.15) is 9.88 Å². The molecule has 140 valence electrons. The predicted octanol–water partition coefficient (Wildman–Crippen LogP) is 2.96. The fourth-order valence-electron chi connectivity index (χ4n) is 3.21. The van der Waals surface area contributed by atoms with Gasteiger partial charge in [0.05, 0.1) is 19.9 Å². The van der Waals surface area contributed by atoms with Crippen LogP contribution in [0.2, 0.25) is 0 Å². The number of amides is 1. The lowest BCUT2D eigenvalue weighted by Gasteiger charge is -2.31. The van der Waals surface area contributed by atoms with Crippen LogP contribution < -0.4 is 14.8 Å². The van der Waals surface area contributed by atoms with Crippen molar-refractivity contribution >= 4 is 17.2 Å². The van der Waals surface area contributed by atoms with Gasteiger partial charge < -0.3 is 19.7 Å². The zero-order chi connectivity index (χ0) is 18.7. The summed E-state index contributed by atoms with van der Waals surface area (Å²) in [5, 5.41) is 4.15. The lowest BCUT2D eigenvalue weighted by atomic mass is 10.1. The van der Waals surface area contributed by atoms with E-state index in [0.717, 1.165) is 42.2 Å². The molecular weight excluding hydrogens is 350 g/mol. The first kappa shape index (κ1) is 18.7. The van der Waals surface area contributed by atoms with Gasteiger partial charge in [-0.3, -0.25) is 4.79 Å². The molecule has 0 radical (unpaired) electrons. The largest absolute Gasteiger partial charge is 0.493 e. The molecule has 1 amide bonds. The molecule has 1 aliphatic heterocycles. The Labute approximate surface area is 158 Å². The van der Waals surface area contributed by atoms with Crippen LogP contribution in [0.15, 0.2) is 18.2 Å². The fourth-order valence-corrected chi connectivity index (χ4v) is 4.25. The van der Waals surface area contributed by atoms with Gasteiger partial charge in [-0.25, -0.2) is 4.98 Å². The maximum absolute atomic E-state index is 13.0. The summed E-state index contributed by atoms with van der Waals surface area (Å²) in [7, 11) is 5.11. The highest BCUT2D eigenvalue weighted by atomic mass is 32.1. The van der Waals surface area contributed by atoms with Crippen molar-refractivity contribution in [2.45, 2.75) is 25.8 Å². The number of ether oxygens (including phenoxy) is 2. The summed E-state index contributed by atoms with van der Waals surface area (Å²) < 4.78 is 10.7. The van der Waals surface area contributed by atoms with Crippen molar-refractivity contribution in [3.8, 4) is 22.1 Å². The first-order valence-corrected chi connectivity index (χ1v) is 9.54. The van der Waals surface area contributed by atoms with Gasteiger partial charge in [0.25, 0.3) is 5.91 Å². The summed E-state index contributed by atoms with van der Waals surface area (Å²) in [6.07, 6.45) is 1.98. The third kappa shape index (κ3) is 3.68. The van der Waals surface area contributed by atoms with Gasteiger partial charge in [0.15, 0.2) is 11.5 Å². The molecule has 0 atom stereocenters. The number of nitrogens with one attached hydrogen (secondary N) is 1. The van der Waals surface area contributed by atoms with Crippen LogP contribution in [0.3, 0.4) is 0 Å². The van der Waals surface area contributed by atoms with Crippen molar-refractivity contribution in [1.29, 1.82) is 0 Å².